The van der Waals surface area contributed by atoms with Crippen LogP contribution >= 0.6 is 0 Å². The van der Waals surface area contributed by atoms with Crippen LogP contribution in [0.4, 0.5) is 5.69 Å². The molecule has 5 aromatic rings. The van der Waals surface area contributed by atoms with Crippen molar-refractivity contribution in [3.63, 3.8) is 0 Å². The van der Waals surface area contributed by atoms with Gasteiger partial charge in [0, 0.05) is 23.6 Å². The Kier molecular flexibility index (Phi) is 5.45. The third kappa shape index (κ3) is 3.83. The molecule has 8 nitrogen and oxygen atoms in total. The number of benzene rings is 2. The van der Waals surface area contributed by atoms with Gasteiger partial charge in [0.25, 0.3) is 0 Å². The smallest absolute Gasteiger partial charge is 0.659 e. The summed E-state index contributed by atoms with van der Waals surface area (Å²) in [5, 5.41) is 4.43. The summed E-state index contributed by atoms with van der Waals surface area (Å²) in [6.45, 7) is 3.73. The first-order chi connectivity index (χ1) is 14.8. The van der Waals surface area contributed by atoms with E-state index in [1.807, 2.05) is 12.1 Å². The topological polar surface area (TPSA) is 100 Å². The monoisotopic (exact) mass is 418 g/mol. The summed E-state index contributed by atoms with van der Waals surface area (Å²) >= 11 is 0. The summed E-state index contributed by atoms with van der Waals surface area (Å²) in [6, 6.07) is 12.5. The second-order valence-corrected chi connectivity index (χ2v) is 7.35. The van der Waals surface area contributed by atoms with Crippen LogP contribution in [0.1, 0.15) is 0 Å². The molecule has 2 N–H and O–H groups in total. The molecule has 148 valence electrons. The number of aromatic amines is 2. The maximum Gasteiger partial charge on any atom is 1.00 e. The Morgan fingerprint density at radius 1 is 0.839 bits per heavy atom. The molecule has 0 spiro atoms. The second kappa shape index (κ2) is 8.39. The third-order valence-corrected chi connectivity index (χ3v) is 5.45. The summed E-state index contributed by atoms with van der Waals surface area (Å²) in [7, 11) is 0. The summed E-state index contributed by atoms with van der Waals surface area (Å²) in [5.74, 6) is 1.55. The summed E-state index contributed by atoms with van der Waals surface area (Å²) in [4.78, 5) is 27.0. The van der Waals surface area contributed by atoms with Gasteiger partial charge in [0.15, 0.2) is 5.82 Å². The molecule has 3 aromatic heterocycles. The average molecular weight is 418 g/mol. The zero-order valence-corrected chi connectivity index (χ0v) is 19.2. The molecule has 1 saturated heterocycles. The van der Waals surface area contributed by atoms with Crippen LogP contribution < -0.4 is 34.5 Å². The first-order valence-corrected chi connectivity index (χ1v) is 9.98. The Labute approximate surface area is 200 Å². The molecule has 9 heteroatoms. The van der Waals surface area contributed by atoms with Crippen LogP contribution in [0.3, 0.4) is 0 Å². The van der Waals surface area contributed by atoms with Gasteiger partial charge in [-0.3, -0.25) is 4.98 Å². The number of rotatable bonds is 3. The van der Waals surface area contributed by atoms with Gasteiger partial charge in [-0.05, 0) is 49.5 Å². The van der Waals surface area contributed by atoms with Crippen molar-refractivity contribution in [1.29, 1.82) is 0 Å². The fourth-order valence-corrected chi connectivity index (χ4v) is 3.90. The predicted molar refractivity (Wildman–Crippen MR) is 118 cm³/mol. The first kappa shape index (κ1) is 20.1. The zero-order chi connectivity index (χ0) is 19.9. The van der Waals surface area contributed by atoms with Gasteiger partial charge in [0.05, 0.1) is 28.3 Å². The third-order valence-electron chi connectivity index (χ3n) is 5.45. The van der Waals surface area contributed by atoms with E-state index in [9.17, 15) is 0 Å². The van der Waals surface area contributed by atoms with Crippen LogP contribution in [0.15, 0.2) is 55.0 Å². The van der Waals surface area contributed by atoms with Crippen molar-refractivity contribution in [2.45, 2.75) is 0 Å². The Hall–Kier alpha value is -2.78. The number of piperazine rings is 1. The van der Waals surface area contributed by atoms with Gasteiger partial charge in [-0.25, -0.2) is 15.0 Å². The van der Waals surface area contributed by atoms with E-state index in [4.69, 9.17) is 4.98 Å². The number of nitrogens with one attached hydrogen (secondary N) is 2. The van der Waals surface area contributed by atoms with Crippen molar-refractivity contribution in [1.82, 2.24) is 29.9 Å². The molecule has 0 atom stereocenters. The Morgan fingerprint density at radius 2 is 1.58 bits per heavy atom. The molecule has 4 heterocycles. The molecule has 1 fully saturated rings. The maximum absolute atomic E-state index is 4.79. The van der Waals surface area contributed by atoms with E-state index in [0.29, 0.717) is 5.82 Å². The minimum Gasteiger partial charge on any atom is -0.659 e. The van der Waals surface area contributed by atoms with Crippen LogP contribution in [0.5, 0.6) is 0 Å². The minimum atomic E-state index is 0. The van der Waals surface area contributed by atoms with E-state index >= 15 is 0 Å². The van der Waals surface area contributed by atoms with Gasteiger partial charge in [0.1, 0.15) is 11.5 Å². The largest absolute Gasteiger partial charge is 1.00 e. The molecule has 0 amide bonds. The van der Waals surface area contributed by atoms with E-state index < -0.39 is 0 Å². The normalized spacial score (nSPS) is 14.1. The number of H-pyrrole nitrogens is 2. The molecule has 31 heavy (non-hydrogen) atoms. The van der Waals surface area contributed by atoms with Crippen LogP contribution in [0.25, 0.3) is 50.3 Å². The van der Waals surface area contributed by atoms with Gasteiger partial charge in [-0.1, -0.05) is 0 Å². The molecule has 2 aromatic carbocycles. The van der Waals surface area contributed by atoms with E-state index in [1.54, 1.807) is 18.6 Å². The van der Waals surface area contributed by atoms with Gasteiger partial charge in [0.2, 0.25) is 0 Å². The van der Waals surface area contributed by atoms with Crippen LogP contribution in [0, 0.1) is 0 Å². The SMILES string of the molecule is [Na+].c1cnc(-c2nc3ccc(-c4nc5ccc(N6CC[N-]CC6)cc5[nH]4)cc3[nH]2)cn1. The standard InChI is InChI=1S/C22H19N8.Na/c1-3-16-18(29-22(27-16)20-13-24-5-6-25-20)11-14(1)21-26-17-4-2-15(12-19(17)28-21)30-9-7-23-8-10-30;/h1-6,11-13H,7-10H2,(H,26,28)(H,27,29);/q-1;+1. The summed E-state index contributed by atoms with van der Waals surface area (Å²) in [5.41, 5.74) is 6.75. The van der Waals surface area contributed by atoms with Crippen molar-refractivity contribution < 1.29 is 29.6 Å². The Bertz CT molecular complexity index is 1340. The van der Waals surface area contributed by atoms with Gasteiger partial charge >= 0.3 is 29.6 Å². The number of fused-ring (bicyclic) bond motifs is 2. The van der Waals surface area contributed by atoms with Crippen molar-refractivity contribution in [2.75, 3.05) is 31.1 Å². The molecule has 1 aliphatic heterocycles. The molecule has 0 unspecified atom stereocenters. The molecule has 0 saturated carbocycles. The van der Waals surface area contributed by atoms with Gasteiger partial charge in [-0.15, -0.1) is 13.1 Å². The molecule has 6 rings (SSSR count). The first-order valence-electron chi connectivity index (χ1n) is 9.98. The van der Waals surface area contributed by atoms with Crippen molar-refractivity contribution in [3.8, 4) is 22.9 Å². The minimum absolute atomic E-state index is 0. The number of anilines is 1. The number of nitrogens with zero attached hydrogens (tertiary/aromatic N) is 6. The Balaban J connectivity index is 0.00000204. The van der Waals surface area contributed by atoms with Gasteiger partial charge in [-0.2, -0.15) is 0 Å². The molecule has 0 bridgehead atoms. The molecule has 0 radical (unpaired) electrons. The fourth-order valence-electron chi connectivity index (χ4n) is 3.90. The molecular weight excluding hydrogens is 399 g/mol. The number of hydrogen-bond acceptors (Lipinski definition) is 5. The van der Waals surface area contributed by atoms with Crippen molar-refractivity contribution in [3.05, 3.63) is 60.3 Å². The molecule has 1 aliphatic rings. The van der Waals surface area contributed by atoms with Gasteiger partial charge < -0.3 is 20.2 Å². The number of hydrogen-bond donors (Lipinski definition) is 2. The van der Waals surface area contributed by atoms with E-state index in [1.165, 1.54) is 5.69 Å². The Morgan fingerprint density at radius 3 is 2.39 bits per heavy atom. The summed E-state index contributed by atoms with van der Waals surface area (Å²) < 4.78 is 0. The molecule has 0 aliphatic carbocycles. The second-order valence-electron chi connectivity index (χ2n) is 7.35. The zero-order valence-electron chi connectivity index (χ0n) is 17.2. The van der Waals surface area contributed by atoms with Crippen molar-refractivity contribution in [2.24, 2.45) is 0 Å². The fraction of sp³-hybridized carbons (Fsp3) is 0.182. The average Bonchev–Trinajstić information content (AvgIpc) is 3.43. The van der Waals surface area contributed by atoms with E-state index in [-0.39, 0.29) is 29.6 Å². The summed E-state index contributed by atoms with van der Waals surface area (Å²) in [6.07, 6.45) is 5.01. The maximum atomic E-state index is 4.79. The van der Waals surface area contributed by atoms with E-state index in [2.05, 4.69) is 59.4 Å². The number of aromatic nitrogens is 6. The van der Waals surface area contributed by atoms with Crippen LogP contribution in [-0.2, 0) is 0 Å². The molecular formula is C22H19N8Na. The number of imidazole rings is 2. The van der Waals surface area contributed by atoms with Crippen molar-refractivity contribution >= 4 is 27.8 Å². The van der Waals surface area contributed by atoms with Crippen LogP contribution in [-0.4, -0.2) is 56.1 Å². The quantitative estimate of drug-likeness (QED) is 0.422. The van der Waals surface area contributed by atoms with E-state index in [0.717, 1.165) is 65.3 Å². The predicted octanol–water partition coefficient (Wildman–Crippen LogP) is 0.761. The van der Waals surface area contributed by atoms with Crippen LogP contribution in [0.2, 0.25) is 0 Å².